The molecule has 62 heavy (non-hydrogen) atoms. The van der Waals surface area contributed by atoms with Gasteiger partial charge in [-0.3, -0.25) is 14.4 Å². The van der Waals surface area contributed by atoms with Gasteiger partial charge in [0.15, 0.2) is 6.10 Å². The Morgan fingerprint density at radius 1 is 0.323 bits per heavy atom. The van der Waals surface area contributed by atoms with Crippen LogP contribution in [0.3, 0.4) is 0 Å². The van der Waals surface area contributed by atoms with E-state index in [1.807, 2.05) is 0 Å². The molecule has 6 heteroatoms. The van der Waals surface area contributed by atoms with E-state index in [4.69, 9.17) is 14.2 Å². The fraction of sp³-hybridized carbons (Fsp3) is 0.946. The summed E-state index contributed by atoms with van der Waals surface area (Å²) in [6, 6.07) is 0. The van der Waals surface area contributed by atoms with E-state index in [1.165, 1.54) is 212 Å². The predicted molar refractivity (Wildman–Crippen MR) is 266 cm³/mol. The van der Waals surface area contributed by atoms with Gasteiger partial charge in [-0.1, -0.05) is 278 Å². The molecule has 1 unspecified atom stereocenters. The van der Waals surface area contributed by atoms with E-state index >= 15 is 0 Å². The number of hydrogen-bond donors (Lipinski definition) is 0. The summed E-state index contributed by atoms with van der Waals surface area (Å²) in [7, 11) is 0. The minimum atomic E-state index is -0.762. The molecule has 0 aliphatic rings. The van der Waals surface area contributed by atoms with Gasteiger partial charge in [-0.15, -0.1) is 0 Å². The lowest BCUT2D eigenvalue weighted by molar-refractivity contribution is -0.167. The summed E-state index contributed by atoms with van der Waals surface area (Å²) in [5.41, 5.74) is 0. The second kappa shape index (κ2) is 50.4. The predicted octanol–water partition coefficient (Wildman–Crippen LogP) is 18.2. The van der Waals surface area contributed by atoms with Crippen molar-refractivity contribution in [3.8, 4) is 0 Å². The first-order valence-electron chi connectivity index (χ1n) is 27.9. The molecule has 0 heterocycles. The van der Waals surface area contributed by atoms with Crippen molar-refractivity contribution in [1.29, 1.82) is 0 Å². The summed E-state index contributed by atoms with van der Waals surface area (Å²) >= 11 is 0. The molecule has 2 atom stereocenters. The van der Waals surface area contributed by atoms with Crippen molar-refractivity contribution in [3.63, 3.8) is 0 Å². The molecule has 368 valence electrons. The van der Waals surface area contributed by atoms with Crippen LogP contribution in [0.1, 0.15) is 317 Å². The number of unbranched alkanes of at least 4 members (excludes halogenated alkanes) is 37. The molecule has 0 N–H and O–H groups in total. The zero-order valence-electron chi connectivity index (χ0n) is 42.3. The number of carbonyl (C=O) groups excluding carboxylic acids is 3. The number of ether oxygens (including phenoxy) is 3. The average molecular weight is 877 g/mol. The van der Waals surface area contributed by atoms with Crippen molar-refractivity contribution in [1.82, 2.24) is 0 Å². The van der Waals surface area contributed by atoms with Crippen LogP contribution in [0.5, 0.6) is 0 Å². The summed E-state index contributed by atoms with van der Waals surface area (Å²) in [4.78, 5) is 38.0. The summed E-state index contributed by atoms with van der Waals surface area (Å²) in [6.45, 7) is 9.02. The highest BCUT2D eigenvalue weighted by molar-refractivity contribution is 5.71. The molecular formula is C56H108O6. The van der Waals surface area contributed by atoms with E-state index in [9.17, 15) is 14.4 Å². The van der Waals surface area contributed by atoms with Crippen LogP contribution < -0.4 is 0 Å². The normalized spacial score (nSPS) is 12.4. The maximum Gasteiger partial charge on any atom is 0.306 e. The molecule has 0 aromatic rings. The lowest BCUT2D eigenvalue weighted by Gasteiger charge is -2.18. The number of carbonyl (C=O) groups is 3. The van der Waals surface area contributed by atoms with Gasteiger partial charge in [0, 0.05) is 19.3 Å². The SMILES string of the molecule is CCCCCCCCCCCCCCCCCCCCC(=O)OC[C@H](COC(=O)CCCCCCCCC(C)CC)OC(=O)CCCCCCCCCCCCCCCCCC. The Kier molecular flexibility index (Phi) is 49.1. The molecule has 6 nitrogen and oxygen atoms in total. The number of rotatable bonds is 51. The third-order valence-electron chi connectivity index (χ3n) is 13.2. The first-order valence-corrected chi connectivity index (χ1v) is 27.9. The van der Waals surface area contributed by atoms with Gasteiger partial charge in [-0.05, 0) is 25.2 Å². The molecule has 0 fully saturated rings. The third-order valence-corrected chi connectivity index (χ3v) is 13.2. The van der Waals surface area contributed by atoms with Crippen molar-refractivity contribution in [2.45, 2.75) is 323 Å². The zero-order chi connectivity index (χ0) is 45.2. The molecule has 0 aliphatic heterocycles. The first kappa shape index (κ1) is 60.4. The summed E-state index contributed by atoms with van der Waals surface area (Å²) in [5.74, 6) is -0.0283. The summed E-state index contributed by atoms with van der Waals surface area (Å²) in [6.07, 6.45) is 53.8. The number of hydrogen-bond acceptors (Lipinski definition) is 6. The van der Waals surface area contributed by atoms with E-state index in [0.717, 1.165) is 63.7 Å². The molecule has 0 saturated carbocycles. The molecule has 0 aromatic heterocycles. The highest BCUT2D eigenvalue weighted by atomic mass is 16.6. The minimum absolute atomic E-state index is 0.0630. The Balaban J connectivity index is 4.25. The van der Waals surface area contributed by atoms with E-state index < -0.39 is 6.10 Å². The average Bonchev–Trinajstić information content (AvgIpc) is 3.27. The molecule has 0 saturated heterocycles. The van der Waals surface area contributed by atoms with Gasteiger partial charge in [0.1, 0.15) is 13.2 Å². The van der Waals surface area contributed by atoms with Crippen LogP contribution in [0.4, 0.5) is 0 Å². The van der Waals surface area contributed by atoms with Gasteiger partial charge in [-0.25, -0.2) is 0 Å². The Hall–Kier alpha value is -1.59. The lowest BCUT2D eigenvalue weighted by atomic mass is 10.00. The molecule has 0 bridgehead atoms. The van der Waals surface area contributed by atoms with E-state index in [1.54, 1.807) is 0 Å². The van der Waals surface area contributed by atoms with Crippen LogP contribution in [0, 0.1) is 5.92 Å². The van der Waals surface area contributed by atoms with Crippen LogP contribution in [0.2, 0.25) is 0 Å². The van der Waals surface area contributed by atoms with Crippen LogP contribution in [0.15, 0.2) is 0 Å². The second-order valence-electron chi connectivity index (χ2n) is 19.5. The Morgan fingerprint density at radius 2 is 0.565 bits per heavy atom. The molecule has 0 aromatic carbocycles. The van der Waals surface area contributed by atoms with Gasteiger partial charge in [0.25, 0.3) is 0 Å². The van der Waals surface area contributed by atoms with Gasteiger partial charge < -0.3 is 14.2 Å². The van der Waals surface area contributed by atoms with Crippen molar-refractivity contribution in [2.75, 3.05) is 13.2 Å². The maximum atomic E-state index is 12.8. The van der Waals surface area contributed by atoms with Gasteiger partial charge in [0.05, 0.1) is 0 Å². The smallest absolute Gasteiger partial charge is 0.306 e. The summed E-state index contributed by atoms with van der Waals surface area (Å²) < 4.78 is 16.8. The van der Waals surface area contributed by atoms with Crippen LogP contribution in [-0.2, 0) is 28.6 Å². The van der Waals surface area contributed by atoms with Crippen molar-refractivity contribution in [2.24, 2.45) is 5.92 Å². The molecule has 0 spiro atoms. The van der Waals surface area contributed by atoms with Crippen LogP contribution in [0.25, 0.3) is 0 Å². The van der Waals surface area contributed by atoms with Crippen molar-refractivity contribution < 1.29 is 28.6 Å². The molecule has 0 amide bonds. The standard InChI is InChI=1S/C56H108O6/c1-5-8-10-12-14-16-18-20-22-24-25-27-28-30-32-34-39-43-47-54(57)60-50-53(51-61-55(58)48-44-40-37-36-38-42-46-52(4)7-3)62-56(59)49-45-41-35-33-31-29-26-23-21-19-17-15-13-11-9-6-2/h52-53H,5-51H2,1-4H3/t52?,53-/m1/s1. The van der Waals surface area contributed by atoms with Gasteiger partial charge >= 0.3 is 17.9 Å². The molecule has 0 radical (unpaired) electrons. The van der Waals surface area contributed by atoms with Gasteiger partial charge in [0.2, 0.25) is 0 Å². The summed E-state index contributed by atoms with van der Waals surface area (Å²) in [5, 5.41) is 0. The Bertz CT molecular complexity index is 935. The third kappa shape index (κ3) is 47.9. The Morgan fingerprint density at radius 3 is 0.839 bits per heavy atom. The van der Waals surface area contributed by atoms with E-state index in [2.05, 4.69) is 27.7 Å². The molecule has 0 rings (SSSR count). The Labute approximate surface area is 387 Å². The van der Waals surface area contributed by atoms with E-state index in [0.29, 0.717) is 19.3 Å². The molecular weight excluding hydrogens is 769 g/mol. The second-order valence-corrected chi connectivity index (χ2v) is 19.5. The van der Waals surface area contributed by atoms with Crippen LogP contribution in [-0.4, -0.2) is 37.2 Å². The maximum absolute atomic E-state index is 12.8. The minimum Gasteiger partial charge on any atom is -0.462 e. The quantitative estimate of drug-likeness (QED) is 0.0344. The van der Waals surface area contributed by atoms with E-state index in [-0.39, 0.29) is 31.1 Å². The van der Waals surface area contributed by atoms with Crippen molar-refractivity contribution >= 4 is 17.9 Å². The topological polar surface area (TPSA) is 78.9 Å². The molecule has 0 aliphatic carbocycles. The monoisotopic (exact) mass is 877 g/mol. The van der Waals surface area contributed by atoms with Crippen LogP contribution >= 0.6 is 0 Å². The zero-order valence-corrected chi connectivity index (χ0v) is 42.3. The highest BCUT2D eigenvalue weighted by Crippen LogP contribution is 2.18. The number of esters is 3. The van der Waals surface area contributed by atoms with Crippen molar-refractivity contribution in [3.05, 3.63) is 0 Å². The van der Waals surface area contributed by atoms with Gasteiger partial charge in [-0.2, -0.15) is 0 Å². The largest absolute Gasteiger partial charge is 0.462 e. The first-order chi connectivity index (χ1) is 30.4. The lowest BCUT2D eigenvalue weighted by Crippen LogP contribution is -2.30. The highest BCUT2D eigenvalue weighted by Gasteiger charge is 2.19. The fourth-order valence-corrected chi connectivity index (χ4v) is 8.54. The fourth-order valence-electron chi connectivity index (χ4n) is 8.54.